The molecule has 0 fully saturated rings. The molecule has 0 aliphatic heterocycles. The Kier molecular flexibility index (Phi) is 13.3. The van der Waals surface area contributed by atoms with Crippen molar-refractivity contribution in [3.63, 3.8) is 0 Å². The van der Waals surface area contributed by atoms with E-state index in [2.05, 4.69) is 6.92 Å². The van der Waals surface area contributed by atoms with Crippen LogP contribution < -0.4 is 0 Å². The van der Waals surface area contributed by atoms with Gasteiger partial charge in [-0.2, -0.15) is 0 Å². The molecule has 1 aromatic carbocycles. The Labute approximate surface area is 180 Å². The van der Waals surface area contributed by atoms with Gasteiger partial charge in [-0.1, -0.05) is 51.9 Å². The maximum atomic E-state index is 13.8. The minimum absolute atomic E-state index is 0.0153. The molecular weight excluding hydrogens is 393 g/mol. The molecule has 0 radical (unpaired) electrons. The molecule has 6 heteroatoms. The minimum Gasteiger partial charge on any atom is -0.331 e. The average Bonchev–Trinajstić information content (AvgIpc) is 2.72. The lowest BCUT2D eigenvalue weighted by molar-refractivity contribution is -0.388. The predicted molar refractivity (Wildman–Crippen MR) is 114 cm³/mol. The lowest BCUT2D eigenvalue weighted by atomic mass is 9.91. The van der Waals surface area contributed by atoms with Gasteiger partial charge in [0.15, 0.2) is 0 Å². The highest BCUT2D eigenvalue weighted by molar-refractivity contribution is 5.20. The summed E-state index contributed by atoms with van der Waals surface area (Å²) in [4.78, 5) is 0. The molecule has 30 heavy (non-hydrogen) atoms. The van der Waals surface area contributed by atoms with Gasteiger partial charge in [0.05, 0.1) is 0 Å². The molecule has 1 unspecified atom stereocenters. The zero-order valence-electron chi connectivity index (χ0n) is 19.1. The minimum atomic E-state index is -1.11. The third-order valence-corrected chi connectivity index (χ3v) is 5.66. The third kappa shape index (κ3) is 8.56. The van der Waals surface area contributed by atoms with Crippen LogP contribution in [0, 0.1) is 23.4 Å². The topological polar surface area (TPSA) is 27.7 Å². The third-order valence-electron chi connectivity index (χ3n) is 5.66. The molecule has 174 valence electrons. The van der Waals surface area contributed by atoms with Gasteiger partial charge in [0.25, 0.3) is 5.97 Å². The summed E-state index contributed by atoms with van der Waals surface area (Å²) in [5.41, 5.74) is -0.0570. The van der Waals surface area contributed by atoms with Gasteiger partial charge in [-0.3, -0.25) is 0 Å². The van der Waals surface area contributed by atoms with E-state index in [9.17, 15) is 13.2 Å². The maximum Gasteiger partial charge on any atom is 0.285 e. The Morgan fingerprint density at radius 1 is 0.800 bits per heavy atom. The first-order valence-electron chi connectivity index (χ1n) is 11.3. The molecule has 0 bridgehead atoms. The summed E-state index contributed by atoms with van der Waals surface area (Å²) < 4.78 is 57.9. The van der Waals surface area contributed by atoms with Crippen molar-refractivity contribution in [1.29, 1.82) is 0 Å². The van der Waals surface area contributed by atoms with Crippen molar-refractivity contribution in [2.45, 2.75) is 90.4 Å². The zero-order valence-corrected chi connectivity index (χ0v) is 19.1. The summed E-state index contributed by atoms with van der Waals surface area (Å²) in [6, 6.07) is 1.46. The van der Waals surface area contributed by atoms with E-state index in [1.54, 1.807) is 14.2 Å². The Bertz CT molecular complexity index is 568. The van der Waals surface area contributed by atoms with Crippen molar-refractivity contribution in [3.8, 4) is 0 Å². The summed E-state index contributed by atoms with van der Waals surface area (Å²) >= 11 is 0. The predicted octanol–water partition coefficient (Wildman–Crippen LogP) is 7.17. The number of hydrogen-bond acceptors (Lipinski definition) is 3. The summed E-state index contributed by atoms with van der Waals surface area (Å²) in [5.74, 6) is -3.64. The molecule has 0 aliphatic rings. The molecule has 0 saturated carbocycles. The second kappa shape index (κ2) is 14.8. The summed E-state index contributed by atoms with van der Waals surface area (Å²) in [6.45, 7) is 4.56. The highest BCUT2D eigenvalue weighted by atomic mass is 19.1. The standard InChI is InChI=1S/C24H39F3O3/c1-5-7-8-9-10-11-14-19(24(28-3,29-4)30-6-2)15-12-13-16-21-22(26)17-20(25)18-23(21)27/h17-19H,5-16H2,1-4H3. The van der Waals surface area contributed by atoms with Crippen molar-refractivity contribution in [3.05, 3.63) is 35.1 Å². The highest BCUT2D eigenvalue weighted by Crippen LogP contribution is 2.33. The number of hydrogen-bond donors (Lipinski definition) is 0. The van der Waals surface area contributed by atoms with Gasteiger partial charge in [-0.15, -0.1) is 0 Å². The lowest BCUT2D eigenvalue weighted by Crippen LogP contribution is -2.45. The average molecular weight is 433 g/mol. The Hall–Kier alpha value is -1.11. The van der Waals surface area contributed by atoms with Crippen molar-refractivity contribution >= 4 is 0 Å². The van der Waals surface area contributed by atoms with Crippen LogP contribution in [0.2, 0.25) is 0 Å². The van der Waals surface area contributed by atoms with Gasteiger partial charge in [-0.25, -0.2) is 13.2 Å². The Morgan fingerprint density at radius 3 is 1.87 bits per heavy atom. The molecule has 3 nitrogen and oxygen atoms in total. The van der Waals surface area contributed by atoms with Crippen molar-refractivity contribution in [1.82, 2.24) is 0 Å². The molecule has 0 aliphatic carbocycles. The second-order valence-electron chi connectivity index (χ2n) is 7.79. The van der Waals surface area contributed by atoms with E-state index in [1.807, 2.05) is 6.92 Å². The fourth-order valence-corrected chi connectivity index (χ4v) is 4.03. The zero-order chi connectivity index (χ0) is 22.4. The monoisotopic (exact) mass is 432 g/mol. The van der Waals surface area contributed by atoms with Gasteiger partial charge in [0, 0.05) is 44.4 Å². The van der Waals surface area contributed by atoms with E-state index >= 15 is 0 Å². The molecule has 1 atom stereocenters. The van der Waals surface area contributed by atoms with Crippen LogP contribution in [0.3, 0.4) is 0 Å². The normalized spacial score (nSPS) is 13.0. The van der Waals surface area contributed by atoms with E-state index in [0.717, 1.165) is 44.2 Å². The number of halogens is 3. The van der Waals surface area contributed by atoms with Crippen LogP contribution in [-0.2, 0) is 20.6 Å². The van der Waals surface area contributed by atoms with E-state index in [1.165, 1.54) is 25.7 Å². The van der Waals surface area contributed by atoms with Gasteiger partial charge in [0.2, 0.25) is 0 Å². The maximum absolute atomic E-state index is 13.8. The molecule has 1 aromatic rings. The molecule has 0 amide bonds. The molecule has 0 N–H and O–H groups in total. The van der Waals surface area contributed by atoms with Crippen LogP contribution in [0.1, 0.15) is 83.6 Å². The van der Waals surface area contributed by atoms with E-state index in [0.29, 0.717) is 13.0 Å². The molecule has 1 rings (SSSR count). The largest absolute Gasteiger partial charge is 0.331 e. The number of rotatable bonds is 17. The van der Waals surface area contributed by atoms with Crippen molar-refractivity contribution in [2.24, 2.45) is 5.92 Å². The first-order valence-corrected chi connectivity index (χ1v) is 11.3. The summed E-state index contributed by atoms with van der Waals surface area (Å²) in [6.07, 6.45) is 10.3. The Morgan fingerprint density at radius 2 is 1.33 bits per heavy atom. The second-order valence-corrected chi connectivity index (χ2v) is 7.79. The van der Waals surface area contributed by atoms with Crippen molar-refractivity contribution in [2.75, 3.05) is 20.8 Å². The SMILES string of the molecule is CCCCCCCCC(CCCCc1c(F)cc(F)cc1F)C(OC)(OC)OCC. The number of benzene rings is 1. The van der Waals surface area contributed by atoms with E-state index in [4.69, 9.17) is 14.2 Å². The van der Waals surface area contributed by atoms with Crippen LogP contribution in [0.5, 0.6) is 0 Å². The number of ether oxygens (including phenoxy) is 3. The van der Waals surface area contributed by atoms with Gasteiger partial charge < -0.3 is 14.2 Å². The Balaban J connectivity index is 2.66. The van der Waals surface area contributed by atoms with Crippen LogP contribution in [-0.4, -0.2) is 26.8 Å². The molecule has 0 spiro atoms. The van der Waals surface area contributed by atoms with Gasteiger partial charge in [-0.05, 0) is 32.6 Å². The first-order chi connectivity index (χ1) is 14.4. The van der Waals surface area contributed by atoms with Crippen LogP contribution in [0.25, 0.3) is 0 Å². The number of unbranched alkanes of at least 4 members (excludes halogenated alkanes) is 6. The van der Waals surface area contributed by atoms with Crippen LogP contribution in [0.15, 0.2) is 12.1 Å². The van der Waals surface area contributed by atoms with E-state index in [-0.39, 0.29) is 17.9 Å². The molecule has 0 heterocycles. The molecular formula is C24H39F3O3. The fraction of sp³-hybridized carbons (Fsp3) is 0.750. The van der Waals surface area contributed by atoms with Crippen LogP contribution in [0.4, 0.5) is 13.2 Å². The fourth-order valence-electron chi connectivity index (χ4n) is 4.03. The smallest absolute Gasteiger partial charge is 0.285 e. The van der Waals surface area contributed by atoms with Gasteiger partial charge >= 0.3 is 0 Å². The van der Waals surface area contributed by atoms with Crippen molar-refractivity contribution < 1.29 is 27.4 Å². The molecule has 0 aromatic heterocycles. The van der Waals surface area contributed by atoms with Crippen LogP contribution >= 0.6 is 0 Å². The number of methoxy groups -OCH3 is 2. The van der Waals surface area contributed by atoms with Gasteiger partial charge in [0.1, 0.15) is 17.5 Å². The summed E-state index contributed by atoms with van der Waals surface area (Å²) in [7, 11) is 3.16. The highest BCUT2D eigenvalue weighted by Gasteiger charge is 2.39. The quantitative estimate of drug-likeness (QED) is 0.193. The van der Waals surface area contributed by atoms with E-state index < -0.39 is 23.4 Å². The molecule has 0 saturated heterocycles. The summed E-state index contributed by atoms with van der Waals surface area (Å²) in [5, 5.41) is 0. The lowest BCUT2D eigenvalue weighted by Gasteiger charge is -2.37. The first kappa shape index (κ1) is 26.9.